The molecule has 0 aliphatic carbocycles. The van der Waals surface area contributed by atoms with Crippen molar-refractivity contribution in [2.45, 2.75) is 19.4 Å². The average molecular weight is 384 g/mol. The summed E-state index contributed by atoms with van der Waals surface area (Å²) < 4.78 is 13.1. The van der Waals surface area contributed by atoms with Gasteiger partial charge in [-0.2, -0.15) is 0 Å². The minimum Gasteiger partial charge on any atom is -0.481 e. The first-order valence-corrected chi connectivity index (χ1v) is 9.11. The zero-order valence-electron chi connectivity index (χ0n) is 14.5. The van der Waals surface area contributed by atoms with Crippen LogP contribution in [0.4, 0.5) is 4.39 Å². The van der Waals surface area contributed by atoms with Crippen LogP contribution < -0.4 is 5.32 Å². The predicted molar refractivity (Wildman–Crippen MR) is 101 cm³/mol. The third kappa shape index (κ3) is 4.57. The first-order chi connectivity index (χ1) is 12.9. The van der Waals surface area contributed by atoms with E-state index < -0.39 is 23.7 Å². The van der Waals surface area contributed by atoms with Gasteiger partial charge in [-0.25, -0.2) is 9.37 Å². The molecule has 0 spiro atoms. The van der Waals surface area contributed by atoms with Gasteiger partial charge in [-0.05, 0) is 30.2 Å². The molecule has 1 atom stereocenters. The quantitative estimate of drug-likeness (QED) is 0.667. The molecule has 2 aromatic carbocycles. The number of carboxylic acids is 1. The van der Waals surface area contributed by atoms with Crippen molar-refractivity contribution in [1.29, 1.82) is 0 Å². The fourth-order valence-electron chi connectivity index (χ4n) is 2.67. The van der Waals surface area contributed by atoms with Gasteiger partial charge >= 0.3 is 5.97 Å². The largest absolute Gasteiger partial charge is 0.481 e. The Labute approximate surface area is 159 Å². The van der Waals surface area contributed by atoms with Gasteiger partial charge in [0.15, 0.2) is 0 Å². The summed E-state index contributed by atoms with van der Waals surface area (Å²) >= 11 is 1.35. The number of aryl methyl sites for hydroxylation is 1. The average Bonchev–Trinajstić information content (AvgIpc) is 3.12. The van der Waals surface area contributed by atoms with Crippen molar-refractivity contribution in [2.24, 2.45) is 0 Å². The number of carbonyl (C=O) groups excluding carboxylic acids is 1. The van der Waals surface area contributed by atoms with Gasteiger partial charge in [0.25, 0.3) is 5.91 Å². The molecule has 0 bridgehead atoms. The molecule has 0 fully saturated rings. The zero-order chi connectivity index (χ0) is 19.4. The maximum Gasteiger partial charge on any atom is 0.305 e. The van der Waals surface area contributed by atoms with E-state index in [0.717, 1.165) is 16.1 Å². The molecule has 0 saturated carbocycles. The van der Waals surface area contributed by atoms with E-state index in [1.54, 1.807) is 5.38 Å². The Bertz CT molecular complexity index is 969. The summed E-state index contributed by atoms with van der Waals surface area (Å²) in [5.41, 5.74) is 2.73. The second-order valence-corrected chi connectivity index (χ2v) is 6.89. The Morgan fingerprint density at radius 2 is 1.89 bits per heavy atom. The number of aliphatic carboxylic acids is 1. The fourth-order valence-corrected chi connectivity index (χ4v) is 3.56. The van der Waals surface area contributed by atoms with Gasteiger partial charge < -0.3 is 10.4 Å². The maximum atomic E-state index is 13.1. The molecular weight excluding hydrogens is 367 g/mol. The summed E-state index contributed by atoms with van der Waals surface area (Å²) in [5.74, 6) is -1.97. The number of nitrogens with one attached hydrogen (secondary N) is 1. The van der Waals surface area contributed by atoms with Crippen LogP contribution in [-0.2, 0) is 4.79 Å². The Morgan fingerprint density at radius 3 is 2.56 bits per heavy atom. The van der Waals surface area contributed by atoms with Gasteiger partial charge in [-0.15, -0.1) is 11.3 Å². The molecule has 3 rings (SSSR count). The summed E-state index contributed by atoms with van der Waals surface area (Å²) in [6, 6.07) is 12.3. The van der Waals surface area contributed by atoms with E-state index in [-0.39, 0.29) is 12.1 Å². The molecule has 7 heteroatoms. The topological polar surface area (TPSA) is 79.3 Å². The lowest BCUT2D eigenvalue weighted by Crippen LogP contribution is -2.30. The van der Waals surface area contributed by atoms with Gasteiger partial charge in [0.1, 0.15) is 16.5 Å². The summed E-state index contributed by atoms with van der Waals surface area (Å²) in [4.78, 5) is 28.1. The molecule has 0 aliphatic rings. The molecule has 1 heterocycles. The summed E-state index contributed by atoms with van der Waals surface area (Å²) in [6.07, 6.45) is -0.313. The number of hydrogen-bond donors (Lipinski definition) is 2. The van der Waals surface area contributed by atoms with Crippen LogP contribution in [0.5, 0.6) is 0 Å². The molecule has 1 unspecified atom stereocenters. The van der Waals surface area contributed by atoms with Gasteiger partial charge in [0.2, 0.25) is 0 Å². The number of benzene rings is 2. The monoisotopic (exact) mass is 384 g/mol. The number of aromatic nitrogens is 1. The van der Waals surface area contributed by atoms with E-state index in [0.29, 0.717) is 5.56 Å². The van der Waals surface area contributed by atoms with E-state index in [4.69, 9.17) is 5.11 Å². The predicted octanol–water partition coefficient (Wildman–Crippen LogP) is 4.20. The number of nitrogens with zero attached hydrogens (tertiary/aromatic N) is 1. The van der Waals surface area contributed by atoms with Crippen molar-refractivity contribution in [3.05, 3.63) is 76.5 Å². The highest BCUT2D eigenvalue weighted by Crippen LogP contribution is 2.27. The summed E-state index contributed by atoms with van der Waals surface area (Å²) in [7, 11) is 0. The van der Waals surface area contributed by atoms with Gasteiger partial charge in [-0.1, -0.05) is 36.4 Å². The van der Waals surface area contributed by atoms with Crippen LogP contribution in [0.15, 0.2) is 53.9 Å². The first kappa shape index (κ1) is 18.7. The molecule has 3 aromatic rings. The van der Waals surface area contributed by atoms with E-state index in [9.17, 15) is 14.0 Å². The van der Waals surface area contributed by atoms with E-state index in [1.165, 1.54) is 35.6 Å². The zero-order valence-corrected chi connectivity index (χ0v) is 15.3. The second-order valence-electron chi connectivity index (χ2n) is 6.03. The Hall–Kier alpha value is -3.06. The molecule has 0 saturated heterocycles. The molecule has 27 heavy (non-hydrogen) atoms. The number of hydrogen-bond acceptors (Lipinski definition) is 4. The van der Waals surface area contributed by atoms with Crippen LogP contribution in [0.25, 0.3) is 10.6 Å². The highest BCUT2D eigenvalue weighted by atomic mass is 32.1. The first-order valence-electron chi connectivity index (χ1n) is 8.23. The molecule has 5 nitrogen and oxygen atoms in total. The lowest BCUT2D eigenvalue weighted by Gasteiger charge is -2.16. The van der Waals surface area contributed by atoms with Crippen molar-refractivity contribution in [1.82, 2.24) is 10.3 Å². The smallest absolute Gasteiger partial charge is 0.305 e. The molecule has 0 radical (unpaired) electrons. The minimum absolute atomic E-state index is 0.218. The second kappa shape index (κ2) is 8.09. The standard InChI is InChI=1S/C20H17FN2O3S/c1-12-4-2-3-5-15(12)20-23-17(11-27-20)19(26)22-16(10-18(24)25)13-6-8-14(21)9-7-13/h2-9,11,16H,10H2,1H3,(H,22,26)(H,24,25). The lowest BCUT2D eigenvalue weighted by molar-refractivity contribution is -0.137. The van der Waals surface area contributed by atoms with Crippen molar-refractivity contribution in [3.8, 4) is 10.6 Å². The van der Waals surface area contributed by atoms with Crippen LogP contribution in [0, 0.1) is 12.7 Å². The maximum absolute atomic E-state index is 13.1. The number of rotatable bonds is 6. The van der Waals surface area contributed by atoms with Crippen LogP contribution in [-0.4, -0.2) is 22.0 Å². The number of halogens is 1. The van der Waals surface area contributed by atoms with Crippen LogP contribution in [0.3, 0.4) is 0 Å². The number of carboxylic acid groups (broad SMARTS) is 1. The number of amides is 1. The lowest BCUT2D eigenvalue weighted by atomic mass is 10.0. The molecule has 2 N–H and O–H groups in total. The Kier molecular flexibility index (Phi) is 5.61. The van der Waals surface area contributed by atoms with Gasteiger partial charge in [-0.3, -0.25) is 9.59 Å². The summed E-state index contributed by atoms with van der Waals surface area (Å²) in [5, 5.41) is 14.2. The van der Waals surface area contributed by atoms with Gasteiger partial charge in [0, 0.05) is 10.9 Å². The summed E-state index contributed by atoms with van der Waals surface area (Å²) in [6.45, 7) is 1.97. The number of thiazole rings is 1. The Morgan fingerprint density at radius 1 is 1.19 bits per heavy atom. The number of carbonyl (C=O) groups is 2. The molecule has 0 aliphatic heterocycles. The molecule has 1 aromatic heterocycles. The van der Waals surface area contributed by atoms with Crippen molar-refractivity contribution in [3.63, 3.8) is 0 Å². The Balaban J connectivity index is 1.81. The van der Waals surface area contributed by atoms with Crippen LogP contribution >= 0.6 is 11.3 Å². The third-order valence-corrected chi connectivity index (χ3v) is 4.94. The highest BCUT2D eigenvalue weighted by molar-refractivity contribution is 7.13. The molecule has 138 valence electrons. The SMILES string of the molecule is Cc1ccccc1-c1nc(C(=O)NC(CC(=O)O)c2ccc(F)cc2)cs1. The normalized spacial score (nSPS) is 11.8. The van der Waals surface area contributed by atoms with E-state index >= 15 is 0 Å². The molecular formula is C20H17FN2O3S. The highest BCUT2D eigenvalue weighted by Gasteiger charge is 2.21. The minimum atomic E-state index is -1.07. The van der Waals surface area contributed by atoms with Crippen LogP contribution in [0.1, 0.15) is 34.1 Å². The van der Waals surface area contributed by atoms with Crippen LogP contribution in [0.2, 0.25) is 0 Å². The molecule has 1 amide bonds. The fraction of sp³-hybridized carbons (Fsp3) is 0.150. The van der Waals surface area contributed by atoms with Gasteiger partial charge in [0.05, 0.1) is 12.5 Å². The van der Waals surface area contributed by atoms with E-state index in [2.05, 4.69) is 10.3 Å². The van der Waals surface area contributed by atoms with Crippen molar-refractivity contribution < 1.29 is 19.1 Å². The third-order valence-electron chi connectivity index (χ3n) is 4.07. The van der Waals surface area contributed by atoms with E-state index in [1.807, 2.05) is 31.2 Å². The van der Waals surface area contributed by atoms with Crippen molar-refractivity contribution in [2.75, 3.05) is 0 Å². The van der Waals surface area contributed by atoms with Crippen molar-refractivity contribution >= 4 is 23.2 Å².